The van der Waals surface area contributed by atoms with Crippen molar-refractivity contribution in [3.8, 4) is 5.75 Å². The summed E-state index contributed by atoms with van der Waals surface area (Å²) < 4.78 is 7.26. The molecule has 4 rings (SSSR count). The molecule has 1 heterocycles. The van der Waals surface area contributed by atoms with Crippen molar-refractivity contribution in [3.05, 3.63) is 116 Å². The van der Waals surface area contributed by atoms with E-state index in [0.29, 0.717) is 28.2 Å². The Morgan fingerprint density at radius 3 is 2.39 bits per heavy atom. The lowest BCUT2D eigenvalue weighted by molar-refractivity contribution is 0.0938. The number of thiazole rings is 1. The van der Waals surface area contributed by atoms with E-state index in [1.54, 1.807) is 31.4 Å². The Labute approximate surface area is 214 Å². The normalized spacial score (nSPS) is 12.3. The number of hydrogen-bond donors (Lipinski definition) is 1. The van der Waals surface area contributed by atoms with Crippen LogP contribution in [-0.4, -0.2) is 23.5 Å². The van der Waals surface area contributed by atoms with Crippen LogP contribution < -0.4 is 14.9 Å². The van der Waals surface area contributed by atoms with Crippen molar-refractivity contribution in [2.45, 2.75) is 33.4 Å². The van der Waals surface area contributed by atoms with Crippen molar-refractivity contribution in [1.29, 1.82) is 0 Å². The number of rotatable bonds is 7. The van der Waals surface area contributed by atoms with Gasteiger partial charge in [0.15, 0.2) is 4.80 Å². The molecule has 0 saturated carbocycles. The lowest BCUT2D eigenvalue weighted by atomic mass is 10.1. The highest BCUT2D eigenvalue weighted by atomic mass is 32.1. The standard InChI is InChI=1S/C29H29N3O3S/c1-19(23-9-6-5-7-10-23)30-27(33)24-15-13-22(14-16-24)18-32-20(2)21(3)36-29(32)31-28(34)25-11-8-12-26(17-25)35-4/h5-17,19H,18H2,1-4H3,(H,30,33). The number of amides is 2. The zero-order chi connectivity index (χ0) is 25.7. The summed E-state index contributed by atoms with van der Waals surface area (Å²) in [4.78, 5) is 31.7. The highest BCUT2D eigenvalue weighted by Crippen LogP contribution is 2.17. The summed E-state index contributed by atoms with van der Waals surface area (Å²) in [6.45, 7) is 6.56. The Bertz CT molecular complexity index is 1440. The fourth-order valence-corrected chi connectivity index (χ4v) is 4.80. The molecule has 1 N–H and O–H groups in total. The van der Waals surface area contributed by atoms with Crippen LogP contribution in [0, 0.1) is 13.8 Å². The van der Waals surface area contributed by atoms with Crippen molar-refractivity contribution in [3.63, 3.8) is 0 Å². The predicted octanol–water partition coefficient (Wildman–Crippen LogP) is 5.46. The van der Waals surface area contributed by atoms with Crippen LogP contribution in [0.4, 0.5) is 0 Å². The van der Waals surface area contributed by atoms with Gasteiger partial charge in [0.2, 0.25) is 0 Å². The molecule has 1 atom stereocenters. The minimum atomic E-state index is -0.316. The van der Waals surface area contributed by atoms with Gasteiger partial charge in [-0.25, -0.2) is 0 Å². The molecule has 0 bridgehead atoms. The number of carbonyl (C=O) groups is 2. The van der Waals surface area contributed by atoms with Gasteiger partial charge in [-0.2, -0.15) is 4.99 Å². The van der Waals surface area contributed by atoms with Crippen LogP contribution in [0.5, 0.6) is 5.75 Å². The van der Waals surface area contributed by atoms with Crippen LogP contribution >= 0.6 is 11.3 Å². The van der Waals surface area contributed by atoms with E-state index in [1.165, 1.54) is 11.3 Å². The molecule has 0 radical (unpaired) electrons. The van der Waals surface area contributed by atoms with Gasteiger partial charge in [0.05, 0.1) is 19.7 Å². The monoisotopic (exact) mass is 499 g/mol. The van der Waals surface area contributed by atoms with E-state index in [9.17, 15) is 9.59 Å². The minimum Gasteiger partial charge on any atom is -0.497 e. The van der Waals surface area contributed by atoms with Crippen LogP contribution in [0.1, 0.15) is 55.4 Å². The minimum absolute atomic E-state index is 0.0864. The van der Waals surface area contributed by atoms with E-state index < -0.39 is 0 Å². The third kappa shape index (κ3) is 5.80. The van der Waals surface area contributed by atoms with Gasteiger partial charge in [-0.05, 0) is 62.2 Å². The van der Waals surface area contributed by atoms with Crippen molar-refractivity contribution in [2.24, 2.45) is 4.99 Å². The number of aromatic nitrogens is 1. The molecule has 0 aliphatic heterocycles. The van der Waals surface area contributed by atoms with Gasteiger partial charge in [-0.15, -0.1) is 11.3 Å². The number of hydrogen-bond acceptors (Lipinski definition) is 4. The summed E-state index contributed by atoms with van der Waals surface area (Å²) in [7, 11) is 1.57. The largest absolute Gasteiger partial charge is 0.497 e. The molecule has 7 heteroatoms. The zero-order valence-corrected chi connectivity index (χ0v) is 21.6. The lowest BCUT2D eigenvalue weighted by Crippen LogP contribution is -2.26. The summed E-state index contributed by atoms with van der Waals surface area (Å²) in [6.07, 6.45) is 0. The van der Waals surface area contributed by atoms with Gasteiger partial charge in [-0.1, -0.05) is 48.5 Å². The first-order valence-electron chi connectivity index (χ1n) is 11.7. The van der Waals surface area contributed by atoms with Crippen molar-refractivity contribution >= 4 is 23.2 Å². The third-order valence-corrected chi connectivity index (χ3v) is 7.20. The maximum Gasteiger partial charge on any atom is 0.279 e. The average molecular weight is 500 g/mol. The number of aryl methyl sites for hydroxylation is 1. The molecular weight excluding hydrogens is 470 g/mol. The van der Waals surface area contributed by atoms with E-state index >= 15 is 0 Å². The first kappa shape index (κ1) is 25.1. The Balaban J connectivity index is 1.52. The molecule has 0 saturated heterocycles. The molecule has 3 aromatic carbocycles. The Morgan fingerprint density at radius 2 is 1.69 bits per heavy atom. The Kier molecular flexibility index (Phi) is 7.80. The van der Waals surface area contributed by atoms with Crippen LogP contribution in [0.3, 0.4) is 0 Å². The average Bonchev–Trinajstić information content (AvgIpc) is 3.16. The van der Waals surface area contributed by atoms with E-state index in [4.69, 9.17) is 4.74 Å². The molecule has 1 aromatic heterocycles. The zero-order valence-electron chi connectivity index (χ0n) is 20.8. The molecule has 0 aliphatic rings. The second kappa shape index (κ2) is 11.2. The second-order valence-electron chi connectivity index (χ2n) is 8.56. The molecule has 0 aliphatic carbocycles. The van der Waals surface area contributed by atoms with Gasteiger partial charge in [0.1, 0.15) is 5.75 Å². The van der Waals surface area contributed by atoms with Crippen molar-refractivity contribution < 1.29 is 14.3 Å². The molecule has 2 amide bonds. The van der Waals surface area contributed by atoms with Crippen LogP contribution in [0.25, 0.3) is 0 Å². The first-order valence-corrected chi connectivity index (χ1v) is 12.5. The molecule has 36 heavy (non-hydrogen) atoms. The lowest BCUT2D eigenvalue weighted by Gasteiger charge is -2.14. The number of methoxy groups -OCH3 is 1. The van der Waals surface area contributed by atoms with Crippen molar-refractivity contribution in [1.82, 2.24) is 9.88 Å². The summed E-state index contributed by atoms with van der Waals surface area (Å²) in [5.74, 6) is 0.181. The highest BCUT2D eigenvalue weighted by molar-refractivity contribution is 7.09. The van der Waals surface area contributed by atoms with E-state index in [1.807, 2.05) is 79.9 Å². The number of benzene rings is 3. The fraction of sp³-hybridized carbons (Fsp3) is 0.207. The summed E-state index contributed by atoms with van der Waals surface area (Å²) >= 11 is 1.49. The van der Waals surface area contributed by atoms with Crippen LogP contribution in [-0.2, 0) is 6.54 Å². The molecule has 0 spiro atoms. The summed E-state index contributed by atoms with van der Waals surface area (Å²) in [5.41, 5.74) is 4.20. The van der Waals surface area contributed by atoms with Gasteiger partial charge in [0.25, 0.3) is 11.8 Å². The van der Waals surface area contributed by atoms with E-state index in [-0.39, 0.29) is 17.9 Å². The first-order chi connectivity index (χ1) is 17.4. The molecule has 1 unspecified atom stereocenters. The number of nitrogens with zero attached hydrogens (tertiary/aromatic N) is 2. The van der Waals surface area contributed by atoms with Gasteiger partial charge in [-0.3, -0.25) is 9.59 Å². The molecule has 0 fully saturated rings. The van der Waals surface area contributed by atoms with Gasteiger partial charge < -0.3 is 14.6 Å². The van der Waals surface area contributed by atoms with E-state index in [0.717, 1.165) is 21.7 Å². The third-order valence-electron chi connectivity index (χ3n) is 6.11. The fourth-order valence-electron chi connectivity index (χ4n) is 3.83. The predicted molar refractivity (Wildman–Crippen MR) is 143 cm³/mol. The molecule has 4 aromatic rings. The maximum atomic E-state index is 12.8. The number of ether oxygens (including phenoxy) is 1. The number of carbonyl (C=O) groups excluding carboxylic acids is 2. The van der Waals surface area contributed by atoms with Crippen LogP contribution in [0.2, 0.25) is 0 Å². The topological polar surface area (TPSA) is 72.7 Å². The van der Waals surface area contributed by atoms with E-state index in [2.05, 4.69) is 10.3 Å². The SMILES string of the molecule is COc1cccc(C(=O)N=c2sc(C)c(C)n2Cc2ccc(C(=O)NC(C)c3ccccc3)cc2)c1. The Hall–Kier alpha value is -3.97. The van der Waals surface area contributed by atoms with Crippen molar-refractivity contribution in [2.75, 3.05) is 7.11 Å². The Morgan fingerprint density at radius 1 is 0.972 bits per heavy atom. The molecular formula is C29H29N3O3S. The molecule has 184 valence electrons. The highest BCUT2D eigenvalue weighted by Gasteiger charge is 2.13. The quantitative estimate of drug-likeness (QED) is 0.367. The van der Waals surface area contributed by atoms with Gasteiger partial charge >= 0.3 is 0 Å². The van der Waals surface area contributed by atoms with Crippen LogP contribution in [0.15, 0.2) is 83.9 Å². The van der Waals surface area contributed by atoms with Gasteiger partial charge in [0, 0.05) is 21.7 Å². The number of nitrogens with one attached hydrogen (secondary N) is 1. The molecule has 6 nitrogen and oxygen atoms in total. The maximum absolute atomic E-state index is 12.8. The smallest absolute Gasteiger partial charge is 0.279 e. The second-order valence-corrected chi connectivity index (χ2v) is 9.75. The summed E-state index contributed by atoms with van der Waals surface area (Å²) in [6, 6.07) is 24.3. The summed E-state index contributed by atoms with van der Waals surface area (Å²) in [5, 5.41) is 3.04.